The molecule has 0 atom stereocenters. The largest absolute Gasteiger partial charge is 0.489 e. The number of nitrogens with one attached hydrogen (secondary N) is 1. The highest BCUT2D eigenvalue weighted by atomic mass is 19.1. The zero-order valence-corrected chi connectivity index (χ0v) is 13.5. The number of hydrogen-bond acceptors (Lipinski definition) is 4. The molecular weight excluding hydrogens is 299 g/mol. The normalized spacial score (nSPS) is 11.0. The van der Waals surface area contributed by atoms with E-state index in [1.165, 1.54) is 12.1 Å². The highest BCUT2D eigenvalue weighted by Gasteiger charge is 2.22. The summed E-state index contributed by atoms with van der Waals surface area (Å²) in [6, 6.07) is 4.49. The van der Waals surface area contributed by atoms with Crippen LogP contribution in [-0.4, -0.2) is 48.3 Å². The number of hydrogen-bond donors (Lipinski definition) is 2. The number of primary amides is 1. The molecule has 124 valence electrons. The van der Waals surface area contributed by atoms with Gasteiger partial charge in [-0.05, 0) is 51.2 Å². The summed E-state index contributed by atoms with van der Waals surface area (Å²) in [5.74, 6) is -0.659. The van der Waals surface area contributed by atoms with Crippen LogP contribution in [0.25, 0.3) is 11.3 Å². The third-order valence-electron chi connectivity index (χ3n) is 3.41. The van der Waals surface area contributed by atoms with Crippen molar-refractivity contribution >= 4 is 5.91 Å². The number of carbonyl (C=O) groups excluding carboxylic acids is 1. The molecule has 0 fully saturated rings. The van der Waals surface area contributed by atoms with Gasteiger partial charge in [0.25, 0.3) is 5.91 Å². The average Bonchev–Trinajstić information content (AvgIpc) is 2.89. The topological polar surface area (TPSA) is 84.2 Å². The van der Waals surface area contributed by atoms with Gasteiger partial charge in [0.05, 0.1) is 6.61 Å². The molecule has 0 unspecified atom stereocenters. The van der Waals surface area contributed by atoms with Crippen LogP contribution in [0.5, 0.6) is 5.75 Å². The molecule has 0 aliphatic rings. The lowest BCUT2D eigenvalue weighted by atomic mass is 10.0. The van der Waals surface area contributed by atoms with E-state index in [1.807, 2.05) is 19.0 Å². The lowest BCUT2D eigenvalue weighted by molar-refractivity contribution is 0.0992. The Hall–Kier alpha value is -2.41. The van der Waals surface area contributed by atoms with E-state index in [9.17, 15) is 9.18 Å². The maximum Gasteiger partial charge on any atom is 0.270 e. The Balaban J connectivity index is 2.51. The first-order valence-corrected chi connectivity index (χ1v) is 7.38. The molecule has 0 bridgehead atoms. The number of likely N-dealkylation sites (N-methyl/N-ethyl adjacent to an activating group) is 1. The van der Waals surface area contributed by atoms with E-state index in [2.05, 4.69) is 10.2 Å². The van der Waals surface area contributed by atoms with Gasteiger partial charge >= 0.3 is 0 Å². The minimum Gasteiger partial charge on any atom is -0.489 e. The highest BCUT2D eigenvalue weighted by molar-refractivity contribution is 5.96. The highest BCUT2D eigenvalue weighted by Crippen LogP contribution is 2.33. The smallest absolute Gasteiger partial charge is 0.270 e. The van der Waals surface area contributed by atoms with Gasteiger partial charge in [-0.2, -0.15) is 5.10 Å². The van der Waals surface area contributed by atoms with Gasteiger partial charge in [0, 0.05) is 12.1 Å². The van der Waals surface area contributed by atoms with Gasteiger partial charge in [0.2, 0.25) is 0 Å². The van der Waals surface area contributed by atoms with Crippen LogP contribution >= 0.6 is 0 Å². The van der Waals surface area contributed by atoms with Crippen LogP contribution in [0.2, 0.25) is 0 Å². The first-order chi connectivity index (χ1) is 10.9. The zero-order chi connectivity index (χ0) is 17.0. The molecule has 0 spiro atoms. The number of benzene rings is 1. The molecule has 1 amide bonds. The average molecular weight is 320 g/mol. The molecule has 1 heterocycles. The standard InChI is InChI=1S/C16H21FN4O2/c1-4-23-15-13(19-20-14(15)16(18)22)12-6-5-11(17)9-10(12)7-8-21(2)3/h5-6,9H,4,7-8H2,1-3H3,(H2,18,22)(H,19,20). The molecule has 0 aliphatic carbocycles. The summed E-state index contributed by atoms with van der Waals surface area (Å²) in [6.45, 7) is 2.92. The van der Waals surface area contributed by atoms with Gasteiger partial charge in [0.15, 0.2) is 11.4 Å². The SMILES string of the molecule is CCOc1c(-c2ccc(F)cc2CCN(C)C)n[nH]c1C(N)=O. The molecule has 1 aromatic carbocycles. The molecular formula is C16H21FN4O2. The van der Waals surface area contributed by atoms with Gasteiger partial charge in [0.1, 0.15) is 11.5 Å². The Morgan fingerprint density at radius 2 is 2.17 bits per heavy atom. The van der Waals surface area contributed by atoms with Crippen molar-refractivity contribution in [1.82, 2.24) is 15.1 Å². The number of rotatable bonds is 7. The first kappa shape index (κ1) is 17.0. The lowest BCUT2D eigenvalue weighted by Crippen LogP contribution is -2.15. The van der Waals surface area contributed by atoms with Crippen LogP contribution in [0.15, 0.2) is 18.2 Å². The zero-order valence-electron chi connectivity index (χ0n) is 13.5. The third-order valence-corrected chi connectivity index (χ3v) is 3.41. The van der Waals surface area contributed by atoms with Gasteiger partial charge < -0.3 is 15.4 Å². The Kier molecular flexibility index (Phi) is 5.33. The number of aromatic nitrogens is 2. The molecule has 23 heavy (non-hydrogen) atoms. The summed E-state index contributed by atoms with van der Waals surface area (Å²) in [7, 11) is 3.90. The summed E-state index contributed by atoms with van der Waals surface area (Å²) >= 11 is 0. The van der Waals surface area contributed by atoms with Crippen molar-refractivity contribution in [3.8, 4) is 17.0 Å². The first-order valence-electron chi connectivity index (χ1n) is 7.38. The van der Waals surface area contributed by atoms with E-state index >= 15 is 0 Å². The maximum absolute atomic E-state index is 13.6. The second kappa shape index (κ2) is 7.23. The fourth-order valence-electron chi connectivity index (χ4n) is 2.31. The molecule has 1 aromatic heterocycles. The summed E-state index contributed by atoms with van der Waals surface area (Å²) in [5, 5.41) is 6.77. The van der Waals surface area contributed by atoms with Crippen molar-refractivity contribution in [2.24, 2.45) is 5.73 Å². The molecule has 3 N–H and O–H groups in total. The second-order valence-corrected chi connectivity index (χ2v) is 5.43. The number of ether oxygens (including phenoxy) is 1. The molecule has 0 saturated carbocycles. The van der Waals surface area contributed by atoms with Crippen molar-refractivity contribution < 1.29 is 13.9 Å². The van der Waals surface area contributed by atoms with Crippen LogP contribution in [0, 0.1) is 5.82 Å². The fraction of sp³-hybridized carbons (Fsp3) is 0.375. The third kappa shape index (κ3) is 3.87. The van der Waals surface area contributed by atoms with Crippen molar-refractivity contribution in [2.45, 2.75) is 13.3 Å². The van der Waals surface area contributed by atoms with Crippen molar-refractivity contribution in [1.29, 1.82) is 0 Å². The van der Waals surface area contributed by atoms with Crippen molar-refractivity contribution in [3.63, 3.8) is 0 Å². The van der Waals surface area contributed by atoms with Crippen LogP contribution < -0.4 is 10.5 Å². The van der Waals surface area contributed by atoms with Crippen molar-refractivity contribution in [3.05, 3.63) is 35.3 Å². The van der Waals surface area contributed by atoms with E-state index in [0.29, 0.717) is 24.5 Å². The van der Waals surface area contributed by atoms with E-state index in [-0.39, 0.29) is 11.5 Å². The number of nitrogens with two attached hydrogens (primary N) is 1. The van der Waals surface area contributed by atoms with Gasteiger partial charge in [-0.25, -0.2) is 4.39 Å². The molecule has 7 heteroatoms. The van der Waals surface area contributed by atoms with E-state index in [0.717, 1.165) is 17.7 Å². The Morgan fingerprint density at radius 1 is 1.43 bits per heavy atom. The van der Waals surface area contributed by atoms with E-state index in [4.69, 9.17) is 10.5 Å². The fourth-order valence-corrected chi connectivity index (χ4v) is 2.31. The Bertz CT molecular complexity index is 697. The number of amides is 1. The number of aromatic amines is 1. The number of H-pyrrole nitrogens is 1. The Labute approximate surface area is 134 Å². The maximum atomic E-state index is 13.6. The molecule has 0 radical (unpaired) electrons. The van der Waals surface area contributed by atoms with Crippen LogP contribution in [-0.2, 0) is 6.42 Å². The summed E-state index contributed by atoms with van der Waals surface area (Å²) < 4.78 is 19.2. The quantitative estimate of drug-likeness (QED) is 0.815. The molecule has 0 aliphatic heterocycles. The summed E-state index contributed by atoms with van der Waals surface area (Å²) in [6.07, 6.45) is 0.643. The number of halogens is 1. The summed E-state index contributed by atoms with van der Waals surface area (Å²) in [4.78, 5) is 13.5. The minimum absolute atomic E-state index is 0.115. The van der Waals surface area contributed by atoms with Crippen molar-refractivity contribution in [2.75, 3.05) is 27.2 Å². The molecule has 6 nitrogen and oxygen atoms in total. The lowest BCUT2D eigenvalue weighted by Gasteiger charge is -2.13. The van der Waals surface area contributed by atoms with E-state index in [1.54, 1.807) is 13.0 Å². The van der Waals surface area contributed by atoms with Gasteiger partial charge in [-0.3, -0.25) is 9.89 Å². The van der Waals surface area contributed by atoms with Crippen LogP contribution in [0.4, 0.5) is 4.39 Å². The number of carbonyl (C=O) groups is 1. The van der Waals surface area contributed by atoms with Gasteiger partial charge in [-0.15, -0.1) is 0 Å². The van der Waals surface area contributed by atoms with Gasteiger partial charge in [-0.1, -0.05) is 0 Å². The predicted octanol–water partition coefficient (Wildman–Crippen LogP) is 1.82. The minimum atomic E-state index is -0.649. The molecule has 2 aromatic rings. The monoisotopic (exact) mass is 320 g/mol. The summed E-state index contributed by atoms with van der Waals surface area (Å²) in [5.41, 5.74) is 7.44. The second-order valence-electron chi connectivity index (χ2n) is 5.43. The number of nitrogens with zero attached hydrogens (tertiary/aromatic N) is 2. The molecule has 2 rings (SSSR count). The van der Waals surface area contributed by atoms with Crippen LogP contribution in [0.3, 0.4) is 0 Å². The van der Waals surface area contributed by atoms with E-state index < -0.39 is 5.91 Å². The predicted molar refractivity (Wildman–Crippen MR) is 85.9 cm³/mol. The van der Waals surface area contributed by atoms with Crippen LogP contribution in [0.1, 0.15) is 23.0 Å². The molecule has 0 saturated heterocycles. The Morgan fingerprint density at radius 3 is 2.78 bits per heavy atom.